The van der Waals surface area contributed by atoms with Crippen molar-refractivity contribution in [2.24, 2.45) is 0 Å². The largest absolute Gasteiger partial charge is 0.355 e. The molecule has 0 aromatic carbocycles. The van der Waals surface area contributed by atoms with Gasteiger partial charge >= 0.3 is 0 Å². The quantitative estimate of drug-likeness (QED) is 0.631. The summed E-state index contributed by atoms with van der Waals surface area (Å²) >= 11 is 0. The molecule has 2 aliphatic heterocycles. The number of aryl methyl sites for hydroxylation is 1. The van der Waals surface area contributed by atoms with Gasteiger partial charge in [-0.3, -0.25) is 23.9 Å². The van der Waals surface area contributed by atoms with Crippen LogP contribution < -0.4 is 21.3 Å². The van der Waals surface area contributed by atoms with Gasteiger partial charge in [-0.15, -0.1) is 0 Å². The predicted molar refractivity (Wildman–Crippen MR) is 123 cm³/mol. The lowest BCUT2D eigenvalue weighted by Crippen LogP contribution is -2.56. The minimum atomic E-state index is -0.346. The Balaban J connectivity index is 1.35. The summed E-state index contributed by atoms with van der Waals surface area (Å²) in [7, 11) is 1.54. The Hall–Kier alpha value is -3.33. The van der Waals surface area contributed by atoms with Gasteiger partial charge in [0.15, 0.2) is 0 Å². The normalized spacial score (nSPS) is 18.4. The maximum atomic E-state index is 12.8. The second-order valence-electron chi connectivity index (χ2n) is 8.57. The van der Waals surface area contributed by atoms with Crippen molar-refractivity contribution in [3.63, 3.8) is 0 Å². The number of nitrogens with zero attached hydrogens (tertiary/aromatic N) is 4. The minimum Gasteiger partial charge on any atom is -0.355 e. The van der Waals surface area contributed by atoms with Crippen LogP contribution in [0.15, 0.2) is 40.2 Å². The van der Waals surface area contributed by atoms with Crippen molar-refractivity contribution in [3.8, 4) is 0 Å². The summed E-state index contributed by atoms with van der Waals surface area (Å²) in [6.45, 7) is 5.92. The van der Waals surface area contributed by atoms with Crippen molar-refractivity contribution >= 4 is 17.4 Å². The molecule has 5 heterocycles. The Morgan fingerprint density at radius 3 is 2.78 bits per heavy atom. The summed E-state index contributed by atoms with van der Waals surface area (Å²) < 4.78 is 3.73. The lowest BCUT2D eigenvalue weighted by atomic mass is 10.0. The van der Waals surface area contributed by atoms with Gasteiger partial charge in [0, 0.05) is 69.3 Å². The fourth-order valence-electron chi connectivity index (χ4n) is 5.01. The molecule has 5 rings (SSSR count). The number of aromatic amines is 1. The molecule has 0 radical (unpaired) electrons. The zero-order valence-corrected chi connectivity index (χ0v) is 18.4. The molecule has 9 heteroatoms. The number of rotatable bonds is 4. The summed E-state index contributed by atoms with van der Waals surface area (Å²) in [5.41, 5.74) is 2.70. The van der Waals surface area contributed by atoms with Gasteiger partial charge in [-0.25, -0.2) is 0 Å². The van der Waals surface area contributed by atoms with Crippen LogP contribution in [0.3, 0.4) is 0 Å². The summed E-state index contributed by atoms with van der Waals surface area (Å²) in [5, 5.41) is 2.54. The first-order valence-corrected chi connectivity index (χ1v) is 11.2. The van der Waals surface area contributed by atoms with Crippen LogP contribution in [0.25, 0.3) is 5.65 Å². The van der Waals surface area contributed by atoms with E-state index in [1.54, 1.807) is 10.6 Å². The Bertz CT molecular complexity index is 1300. The van der Waals surface area contributed by atoms with Crippen molar-refractivity contribution in [2.75, 3.05) is 31.6 Å². The molecule has 1 atom stereocenters. The molecule has 2 N–H and O–H groups in total. The number of anilines is 1. The van der Waals surface area contributed by atoms with E-state index in [1.807, 2.05) is 29.8 Å². The lowest BCUT2D eigenvalue weighted by Gasteiger charge is -2.46. The van der Waals surface area contributed by atoms with Gasteiger partial charge in [0.25, 0.3) is 17.0 Å². The number of hydrogen-bond acceptors (Lipinski definition) is 5. The maximum absolute atomic E-state index is 12.8. The average molecular weight is 437 g/mol. The molecule has 32 heavy (non-hydrogen) atoms. The van der Waals surface area contributed by atoms with Crippen LogP contribution in [0.4, 0.5) is 5.82 Å². The number of fused-ring (bicyclic) bond motifs is 4. The Kier molecular flexibility index (Phi) is 5.13. The Labute approximate surface area is 185 Å². The first-order chi connectivity index (χ1) is 15.5. The molecule has 0 spiro atoms. The predicted octanol–water partition coefficient (Wildman–Crippen LogP) is 0.806. The molecule has 0 bridgehead atoms. The maximum Gasteiger partial charge on any atom is 0.264 e. The van der Waals surface area contributed by atoms with E-state index in [-0.39, 0.29) is 22.6 Å². The van der Waals surface area contributed by atoms with Gasteiger partial charge in [0.05, 0.1) is 0 Å². The number of carbonyl (C=O) groups excluding carboxylic acids is 1. The van der Waals surface area contributed by atoms with Gasteiger partial charge in [-0.05, 0) is 31.0 Å². The van der Waals surface area contributed by atoms with E-state index in [1.165, 1.54) is 7.05 Å². The Morgan fingerprint density at radius 2 is 2.00 bits per heavy atom. The molecule has 1 unspecified atom stereocenters. The van der Waals surface area contributed by atoms with E-state index in [2.05, 4.69) is 26.2 Å². The molecule has 1 amide bonds. The van der Waals surface area contributed by atoms with E-state index < -0.39 is 0 Å². The highest BCUT2D eigenvalue weighted by molar-refractivity contribution is 5.93. The van der Waals surface area contributed by atoms with Crippen LogP contribution in [0, 0.1) is 0 Å². The molecule has 3 aromatic heterocycles. The third-order valence-corrected chi connectivity index (χ3v) is 6.76. The van der Waals surface area contributed by atoms with Gasteiger partial charge in [-0.2, -0.15) is 0 Å². The SMILES string of the molecule is CCc1cn2ccc(CN3CCN4c5ccc(C(=O)NC)c(=O)n5CCC4C3)c2[nH]c1=O. The van der Waals surface area contributed by atoms with Gasteiger partial charge < -0.3 is 19.6 Å². The van der Waals surface area contributed by atoms with E-state index in [0.717, 1.165) is 55.2 Å². The summed E-state index contributed by atoms with van der Waals surface area (Å²) in [6.07, 6.45) is 5.48. The molecule has 0 aliphatic carbocycles. The van der Waals surface area contributed by atoms with Crippen molar-refractivity contribution in [1.82, 2.24) is 24.2 Å². The number of carbonyl (C=O) groups is 1. The third-order valence-electron chi connectivity index (χ3n) is 6.76. The molecule has 168 valence electrons. The number of nitrogens with one attached hydrogen (secondary N) is 2. The van der Waals surface area contributed by atoms with E-state index in [9.17, 15) is 14.4 Å². The van der Waals surface area contributed by atoms with Crippen LogP contribution in [0.1, 0.15) is 34.8 Å². The standard InChI is InChI=1S/C23H28N6O3/c1-3-15-13-27-8-6-16(20(27)25-21(15)30)12-26-10-11-28-17(14-26)7-9-29-19(28)5-4-18(23(29)32)22(31)24-2/h4-6,8,13,17H,3,7,9-12,14H2,1-2H3,(H,24,31)(H,25,30). The van der Waals surface area contributed by atoms with Crippen LogP contribution in [-0.4, -0.2) is 57.5 Å². The summed E-state index contributed by atoms with van der Waals surface area (Å²) in [4.78, 5) is 44.8. The topological polar surface area (TPSA) is 94.8 Å². The van der Waals surface area contributed by atoms with Crippen molar-refractivity contribution < 1.29 is 4.79 Å². The van der Waals surface area contributed by atoms with E-state index in [0.29, 0.717) is 19.0 Å². The number of H-pyrrole nitrogens is 1. The third kappa shape index (κ3) is 3.33. The van der Waals surface area contributed by atoms with Crippen molar-refractivity contribution in [1.29, 1.82) is 0 Å². The Morgan fingerprint density at radius 1 is 1.16 bits per heavy atom. The molecular weight excluding hydrogens is 408 g/mol. The second kappa shape index (κ2) is 7.98. The van der Waals surface area contributed by atoms with Crippen LogP contribution in [0.2, 0.25) is 0 Å². The van der Waals surface area contributed by atoms with Crippen LogP contribution >= 0.6 is 0 Å². The number of piperazine rings is 1. The summed E-state index contributed by atoms with van der Waals surface area (Å²) in [5.74, 6) is 0.547. The summed E-state index contributed by atoms with van der Waals surface area (Å²) in [6, 6.07) is 5.92. The van der Waals surface area contributed by atoms with E-state index in [4.69, 9.17) is 0 Å². The first kappa shape index (κ1) is 20.6. The van der Waals surface area contributed by atoms with E-state index >= 15 is 0 Å². The second-order valence-corrected chi connectivity index (χ2v) is 8.57. The van der Waals surface area contributed by atoms with Gasteiger partial charge in [0.1, 0.15) is 17.0 Å². The van der Waals surface area contributed by atoms with Gasteiger partial charge in [-0.1, -0.05) is 6.92 Å². The molecule has 9 nitrogen and oxygen atoms in total. The zero-order chi connectivity index (χ0) is 22.4. The van der Waals surface area contributed by atoms with Gasteiger partial charge in [0.2, 0.25) is 0 Å². The number of aromatic nitrogens is 3. The monoisotopic (exact) mass is 436 g/mol. The van der Waals surface area contributed by atoms with Crippen LogP contribution in [-0.2, 0) is 19.5 Å². The molecule has 1 fully saturated rings. The highest BCUT2D eigenvalue weighted by atomic mass is 16.2. The molecule has 1 saturated heterocycles. The highest BCUT2D eigenvalue weighted by Gasteiger charge is 2.33. The number of pyridine rings is 1. The van der Waals surface area contributed by atoms with Crippen LogP contribution in [0.5, 0.6) is 0 Å². The minimum absolute atomic E-state index is 0.0183. The zero-order valence-electron chi connectivity index (χ0n) is 18.4. The molecule has 3 aromatic rings. The lowest BCUT2D eigenvalue weighted by molar-refractivity contribution is 0.0960. The number of amides is 1. The van der Waals surface area contributed by atoms with Crippen molar-refractivity contribution in [2.45, 2.75) is 38.9 Å². The van der Waals surface area contributed by atoms with Crippen molar-refractivity contribution in [3.05, 3.63) is 68.0 Å². The molecule has 0 saturated carbocycles. The smallest absolute Gasteiger partial charge is 0.264 e. The molecular formula is C23H28N6O3. The fourth-order valence-corrected chi connectivity index (χ4v) is 5.01. The first-order valence-electron chi connectivity index (χ1n) is 11.2. The fraction of sp³-hybridized carbons (Fsp3) is 0.435. The average Bonchev–Trinajstić information content (AvgIpc) is 3.19. The highest BCUT2D eigenvalue weighted by Crippen LogP contribution is 2.28. The number of hydrogen-bond donors (Lipinski definition) is 2. The molecule has 2 aliphatic rings.